The number of ether oxygens (including phenoxy) is 1. The molecule has 1 aromatic rings. The van der Waals surface area contributed by atoms with Crippen molar-refractivity contribution in [2.45, 2.75) is 13.3 Å². The van der Waals surface area contributed by atoms with E-state index in [1.54, 1.807) is 7.11 Å². The molecule has 0 aromatic heterocycles. The van der Waals surface area contributed by atoms with Gasteiger partial charge >= 0.3 is 0 Å². The van der Waals surface area contributed by atoms with Crippen molar-refractivity contribution in [3.05, 3.63) is 29.8 Å². The van der Waals surface area contributed by atoms with Gasteiger partial charge in [-0.25, -0.2) is 0 Å². The van der Waals surface area contributed by atoms with Gasteiger partial charge in [-0.1, -0.05) is 18.2 Å². The molecule has 2 N–H and O–H groups in total. The first-order valence-electron chi connectivity index (χ1n) is 5.37. The Balaban J connectivity index is 2.59. The van der Waals surface area contributed by atoms with Crippen LogP contribution in [0.15, 0.2) is 24.3 Å². The number of rotatable bonds is 4. The monoisotopic (exact) mass is 252 g/mol. The molecule has 0 aliphatic carbocycles. The van der Waals surface area contributed by atoms with Crippen LogP contribution in [0, 0.1) is 0 Å². The van der Waals surface area contributed by atoms with Crippen LogP contribution in [0.2, 0.25) is 0 Å². The Morgan fingerprint density at radius 2 is 2.12 bits per heavy atom. The first-order valence-corrected chi connectivity index (χ1v) is 5.77. The van der Waals surface area contributed by atoms with Gasteiger partial charge in [-0.15, -0.1) is 0 Å². The van der Waals surface area contributed by atoms with Crippen molar-refractivity contribution in [1.82, 2.24) is 10.6 Å². The molecular formula is C12H16N2O2S. The van der Waals surface area contributed by atoms with E-state index in [9.17, 15) is 4.79 Å². The maximum Gasteiger partial charge on any atom is 0.230 e. The van der Waals surface area contributed by atoms with Crippen molar-refractivity contribution in [3.63, 3.8) is 0 Å². The van der Waals surface area contributed by atoms with Gasteiger partial charge in [0, 0.05) is 12.1 Å². The van der Waals surface area contributed by atoms with Crippen LogP contribution < -0.4 is 15.4 Å². The predicted molar refractivity (Wildman–Crippen MR) is 71.1 cm³/mol. The van der Waals surface area contributed by atoms with Crippen molar-refractivity contribution in [2.75, 3.05) is 13.7 Å². The predicted octanol–water partition coefficient (Wildman–Crippen LogP) is 1.25. The van der Waals surface area contributed by atoms with Gasteiger partial charge in [0.2, 0.25) is 5.91 Å². The van der Waals surface area contributed by atoms with Crippen LogP contribution >= 0.6 is 12.2 Å². The number of benzene rings is 1. The minimum Gasteiger partial charge on any atom is -0.496 e. The molecule has 1 rings (SSSR count). The Morgan fingerprint density at radius 3 is 2.76 bits per heavy atom. The van der Waals surface area contributed by atoms with Crippen LogP contribution in [0.1, 0.15) is 12.5 Å². The quantitative estimate of drug-likeness (QED) is 0.792. The number of hydrogen-bond acceptors (Lipinski definition) is 3. The first kappa shape index (κ1) is 13.4. The lowest BCUT2D eigenvalue weighted by Gasteiger charge is -2.09. The average molecular weight is 252 g/mol. The lowest BCUT2D eigenvalue weighted by Crippen LogP contribution is -2.39. The summed E-state index contributed by atoms with van der Waals surface area (Å²) in [4.78, 5) is 11.7. The molecule has 4 nitrogen and oxygen atoms in total. The Kier molecular flexibility index (Phi) is 5.42. The van der Waals surface area contributed by atoms with Crippen molar-refractivity contribution >= 4 is 23.2 Å². The zero-order chi connectivity index (χ0) is 12.7. The summed E-state index contributed by atoms with van der Waals surface area (Å²) in [6, 6.07) is 7.41. The van der Waals surface area contributed by atoms with E-state index in [0.29, 0.717) is 17.4 Å². The number of nitrogens with one attached hydrogen (secondary N) is 2. The van der Waals surface area contributed by atoms with Gasteiger partial charge in [-0.2, -0.15) is 0 Å². The maximum absolute atomic E-state index is 11.7. The van der Waals surface area contributed by atoms with Gasteiger partial charge in [-0.3, -0.25) is 4.79 Å². The van der Waals surface area contributed by atoms with Crippen molar-refractivity contribution < 1.29 is 9.53 Å². The summed E-state index contributed by atoms with van der Waals surface area (Å²) in [7, 11) is 1.58. The van der Waals surface area contributed by atoms with E-state index in [4.69, 9.17) is 17.0 Å². The summed E-state index contributed by atoms with van der Waals surface area (Å²) < 4.78 is 5.17. The van der Waals surface area contributed by atoms with Gasteiger partial charge in [0.05, 0.1) is 13.5 Å². The molecule has 0 saturated heterocycles. The smallest absolute Gasteiger partial charge is 0.230 e. The Bertz CT molecular complexity index is 407. The molecule has 0 heterocycles. The SMILES string of the molecule is CCNC(=S)NC(=O)Cc1ccccc1OC. The highest BCUT2D eigenvalue weighted by atomic mass is 32.1. The van der Waals surface area contributed by atoms with E-state index in [-0.39, 0.29) is 12.3 Å². The molecule has 17 heavy (non-hydrogen) atoms. The summed E-state index contributed by atoms with van der Waals surface area (Å²) in [5.74, 6) is 0.553. The normalized spacial score (nSPS) is 9.53. The second-order valence-electron chi connectivity index (χ2n) is 3.40. The fourth-order valence-corrected chi connectivity index (χ4v) is 1.66. The highest BCUT2D eigenvalue weighted by molar-refractivity contribution is 7.80. The van der Waals surface area contributed by atoms with Gasteiger partial charge in [0.15, 0.2) is 5.11 Å². The minimum absolute atomic E-state index is 0.152. The molecule has 0 atom stereocenters. The molecule has 0 radical (unpaired) electrons. The molecule has 0 fully saturated rings. The van der Waals surface area contributed by atoms with Crippen molar-refractivity contribution in [1.29, 1.82) is 0 Å². The van der Waals surface area contributed by atoms with Crippen LogP contribution in [0.5, 0.6) is 5.75 Å². The third-order valence-corrected chi connectivity index (χ3v) is 2.38. The second kappa shape index (κ2) is 6.85. The van der Waals surface area contributed by atoms with Gasteiger partial charge in [-0.05, 0) is 25.2 Å². The highest BCUT2D eigenvalue weighted by Crippen LogP contribution is 2.17. The zero-order valence-electron chi connectivity index (χ0n) is 9.95. The number of thiocarbonyl (C=S) groups is 1. The number of methoxy groups -OCH3 is 1. The second-order valence-corrected chi connectivity index (χ2v) is 3.80. The molecule has 0 bridgehead atoms. The number of para-hydroxylation sites is 1. The van der Waals surface area contributed by atoms with E-state index in [1.807, 2.05) is 31.2 Å². The fourth-order valence-electron chi connectivity index (χ4n) is 1.40. The third-order valence-electron chi connectivity index (χ3n) is 2.13. The van der Waals surface area contributed by atoms with E-state index in [2.05, 4.69) is 10.6 Å². The molecular weight excluding hydrogens is 236 g/mol. The Labute approximate surface area is 106 Å². The fraction of sp³-hybridized carbons (Fsp3) is 0.333. The maximum atomic E-state index is 11.7. The summed E-state index contributed by atoms with van der Waals surface area (Å²) >= 11 is 4.93. The van der Waals surface area contributed by atoms with Gasteiger partial charge < -0.3 is 15.4 Å². The molecule has 0 unspecified atom stereocenters. The van der Waals surface area contributed by atoms with Crippen LogP contribution in [-0.4, -0.2) is 24.7 Å². The molecule has 5 heteroatoms. The molecule has 0 aliphatic heterocycles. The third kappa shape index (κ3) is 4.40. The Hall–Kier alpha value is -1.62. The van der Waals surface area contributed by atoms with Crippen LogP contribution in [0.4, 0.5) is 0 Å². The van der Waals surface area contributed by atoms with Crippen LogP contribution in [0.3, 0.4) is 0 Å². The van der Waals surface area contributed by atoms with Gasteiger partial charge in [0.1, 0.15) is 5.75 Å². The van der Waals surface area contributed by atoms with Crippen molar-refractivity contribution in [2.24, 2.45) is 0 Å². The molecule has 92 valence electrons. The molecule has 1 amide bonds. The molecule has 0 saturated carbocycles. The first-order chi connectivity index (χ1) is 8.17. The number of carbonyl (C=O) groups excluding carboxylic acids is 1. The van der Waals surface area contributed by atoms with Crippen LogP contribution in [-0.2, 0) is 11.2 Å². The molecule has 1 aromatic carbocycles. The van der Waals surface area contributed by atoms with E-state index in [1.165, 1.54) is 0 Å². The zero-order valence-corrected chi connectivity index (χ0v) is 10.8. The Morgan fingerprint density at radius 1 is 1.41 bits per heavy atom. The molecule has 0 aliphatic rings. The number of carbonyl (C=O) groups is 1. The topological polar surface area (TPSA) is 50.4 Å². The number of hydrogen-bond donors (Lipinski definition) is 2. The lowest BCUT2D eigenvalue weighted by molar-refractivity contribution is -0.119. The van der Waals surface area contributed by atoms with E-state index < -0.39 is 0 Å². The van der Waals surface area contributed by atoms with E-state index >= 15 is 0 Å². The summed E-state index contributed by atoms with van der Waals surface area (Å²) in [6.45, 7) is 2.60. The summed E-state index contributed by atoms with van der Waals surface area (Å²) in [5.41, 5.74) is 0.840. The largest absolute Gasteiger partial charge is 0.496 e. The minimum atomic E-state index is -0.152. The summed E-state index contributed by atoms with van der Waals surface area (Å²) in [6.07, 6.45) is 0.246. The van der Waals surface area contributed by atoms with Crippen molar-refractivity contribution in [3.8, 4) is 5.75 Å². The standard InChI is InChI=1S/C12H16N2O2S/c1-3-13-12(17)14-11(15)8-9-6-4-5-7-10(9)16-2/h4-7H,3,8H2,1-2H3,(H2,13,14,15,17). The molecule has 0 spiro atoms. The highest BCUT2D eigenvalue weighted by Gasteiger charge is 2.08. The lowest BCUT2D eigenvalue weighted by atomic mass is 10.1. The van der Waals surface area contributed by atoms with E-state index in [0.717, 1.165) is 5.56 Å². The van der Waals surface area contributed by atoms with Gasteiger partial charge in [0.25, 0.3) is 0 Å². The summed E-state index contributed by atoms with van der Waals surface area (Å²) in [5, 5.41) is 5.82. The number of amides is 1. The van der Waals surface area contributed by atoms with Crippen LogP contribution in [0.25, 0.3) is 0 Å². The average Bonchev–Trinajstić information content (AvgIpc) is 2.29.